The second-order valence-corrected chi connectivity index (χ2v) is 11.5. The monoisotopic (exact) mass is 627 g/mol. The van der Waals surface area contributed by atoms with Gasteiger partial charge in [0.2, 0.25) is 17.7 Å². The summed E-state index contributed by atoms with van der Waals surface area (Å²) in [6.45, 7) is 10.3. The number of halogens is 2. The Balaban J connectivity index is 1.76. The average Bonchev–Trinajstić information content (AvgIpc) is 3.30. The molecular weight excluding hydrogens is 593 g/mol. The van der Waals surface area contributed by atoms with E-state index in [4.69, 9.17) is 21.9 Å². The topological polar surface area (TPSA) is 159 Å². The highest BCUT2D eigenvalue weighted by Gasteiger charge is 2.24. The third-order valence-electron chi connectivity index (χ3n) is 6.81. The van der Waals surface area contributed by atoms with Crippen LogP contribution in [0, 0.1) is 5.82 Å². The minimum atomic E-state index is -0.826. The van der Waals surface area contributed by atoms with Gasteiger partial charge in [-0.2, -0.15) is 5.10 Å². The molecule has 0 aliphatic carbocycles. The third-order valence-corrected chi connectivity index (χ3v) is 7.09. The van der Waals surface area contributed by atoms with Gasteiger partial charge < -0.3 is 15.0 Å². The zero-order valence-electron chi connectivity index (χ0n) is 25.5. The third kappa shape index (κ3) is 8.40. The molecule has 3 amide bonds. The van der Waals surface area contributed by atoms with Crippen LogP contribution in [0.1, 0.15) is 73.5 Å². The Hall–Kier alpha value is -4.32. The summed E-state index contributed by atoms with van der Waals surface area (Å²) in [4.78, 5) is 54.4. The summed E-state index contributed by atoms with van der Waals surface area (Å²) in [5.41, 5.74) is 9.52. The lowest BCUT2D eigenvalue weighted by atomic mass is 9.96. The first-order chi connectivity index (χ1) is 20.7. The molecule has 44 heavy (non-hydrogen) atoms. The number of fused-ring (bicyclic) bond motifs is 1. The van der Waals surface area contributed by atoms with Crippen molar-refractivity contribution in [1.82, 2.24) is 20.0 Å². The Morgan fingerprint density at radius 1 is 1.23 bits per heavy atom. The van der Waals surface area contributed by atoms with E-state index in [1.165, 1.54) is 40.8 Å². The molecule has 0 atom stereocenters. The predicted molar refractivity (Wildman–Crippen MR) is 163 cm³/mol. The highest BCUT2D eigenvalue weighted by Crippen LogP contribution is 2.25. The smallest absolute Gasteiger partial charge is 0.249 e. The number of aromatic nitrogens is 2. The number of carbonyl (C=O) groups is 4. The fourth-order valence-corrected chi connectivity index (χ4v) is 5.11. The molecule has 0 saturated heterocycles. The van der Waals surface area contributed by atoms with Crippen LogP contribution in [0.5, 0.6) is 0 Å². The SMILES string of the molecule is CCOC(C)(C)Cc1cc(Cl)c(F)c(CNC(=O)CN(C(=O)Cn2nc(C(C)=O)c3cc(C(=O)N=[N+]=[N-])ccc32)C(C)C)c1. The lowest BCUT2D eigenvalue weighted by Crippen LogP contribution is -2.45. The van der Waals surface area contributed by atoms with Gasteiger partial charge in [0.05, 0.1) is 22.7 Å². The molecule has 1 heterocycles. The molecule has 0 radical (unpaired) electrons. The summed E-state index contributed by atoms with van der Waals surface area (Å²) in [5, 5.41) is 10.3. The number of hydrogen-bond donors (Lipinski definition) is 1. The highest BCUT2D eigenvalue weighted by atomic mass is 35.5. The Morgan fingerprint density at radius 2 is 1.93 bits per heavy atom. The number of nitrogens with zero attached hydrogens (tertiary/aromatic N) is 6. The standard InChI is InChI=1S/C30H35ClFN7O5/c1-7-44-30(5,6)13-19-10-21(27(32)23(31)11-19)14-34-25(41)15-38(17(2)3)26(42)16-39-24-9-8-20(29(43)35-37-33)12-22(24)28(36-39)18(4)40/h8-12,17H,7,13-16H2,1-6H3,(H,34,41). The van der Waals surface area contributed by atoms with E-state index in [1.54, 1.807) is 19.9 Å². The maximum atomic E-state index is 14.8. The normalized spacial score (nSPS) is 11.4. The Labute approximate surface area is 259 Å². The van der Waals surface area contributed by atoms with E-state index in [0.717, 1.165) is 5.56 Å². The summed E-state index contributed by atoms with van der Waals surface area (Å²) in [6, 6.07) is 7.07. The van der Waals surface area contributed by atoms with E-state index in [-0.39, 0.29) is 47.5 Å². The van der Waals surface area contributed by atoms with Crippen LogP contribution in [0.3, 0.4) is 0 Å². The predicted octanol–water partition coefficient (Wildman–Crippen LogP) is 5.39. The maximum Gasteiger partial charge on any atom is 0.249 e. The maximum absolute atomic E-state index is 14.8. The molecule has 3 aromatic rings. The molecule has 0 unspecified atom stereocenters. The number of ketones is 1. The summed E-state index contributed by atoms with van der Waals surface area (Å²) in [5.74, 6) is -2.84. The molecule has 2 aromatic carbocycles. The van der Waals surface area contributed by atoms with Gasteiger partial charge >= 0.3 is 0 Å². The molecule has 12 nitrogen and oxygen atoms in total. The van der Waals surface area contributed by atoms with Gasteiger partial charge in [0.15, 0.2) is 5.78 Å². The number of rotatable bonds is 13. The fraction of sp³-hybridized carbons (Fsp3) is 0.433. The van der Waals surface area contributed by atoms with Crippen molar-refractivity contribution in [2.24, 2.45) is 5.11 Å². The molecule has 1 aromatic heterocycles. The van der Waals surface area contributed by atoms with Crippen molar-refractivity contribution in [3.8, 4) is 0 Å². The summed E-state index contributed by atoms with van der Waals surface area (Å²) >= 11 is 6.14. The van der Waals surface area contributed by atoms with Crippen molar-refractivity contribution >= 4 is 46.0 Å². The van der Waals surface area contributed by atoms with Gasteiger partial charge in [-0.3, -0.25) is 23.9 Å². The van der Waals surface area contributed by atoms with Gasteiger partial charge in [0.25, 0.3) is 0 Å². The molecule has 0 saturated carbocycles. The second kappa shape index (κ2) is 14.4. The van der Waals surface area contributed by atoms with Crippen molar-refractivity contribution in [2.75, 3.05) is 13.2 Å². The number of amides is 3. The molecule has 0 aliphatic rings. The zero-order valence-corrected chi connectivity index (χ0v) is 26.2. The number of hydrogen-bond acceptors (Lipinski definition) is 6. The van der Waals surface area contributed by atoms with E-state index in [9.17, 15) is 23.6 Å². The Kier molecular flexibility index (Phi) is 11.2. The van der Waals surface area contributed by atoms with Crippen LogP contribution < -0.4 is 5.32 Å². The lowest BCUT2D eigenvalue weighted by molar-refractivity contribution is -0.138. The number of benzene rings is 2. The van der Waals surface area contributed by atoms with Crippen LogP contribution >= 0.6 is 11.6 Å². The first-order valence-corrected chi connectivity index (χ1v) is 14.3. The lowest BCUT2D eigenvalue weighted by Gasteiger charge is -2.26. The fourth-order valence-electron chi connectivity index (χ4n) is 4.85. The van der Waals surface area contributed by atoms with Gasteiger partial charge in [-0.25, -0.2) is 4.39 Å². The van der Waals surface area contributed by atoms with Crippen LogP contribution in [0.4, 0.5) is 4.39 Å². The minimum absolute atomic E-state index is 0.0322. The zero-order chi connectivity index (χ0) is 32.8. The number of azide groups is 1. The van der Waals surface area contributed by atoms with Gasteiger partial charge in [0.1, 0.15) is 18.1 Å². The van der Waals surface area contributed by atoms with Crippen LogP contribution in [0.2, 0.25) is 5.02 Å². The number of Topliss-reactive ketones (excluding diaryl/α,β-unsaturated/α-hetero) is 1. The van der Waals surface area contributed by atoms with Crippen molar-refractivity contribution in [3.63, 3.8) is 0 Å². The van der Waals surface area contributed by atoms with Crippen LogP contribution in [0.25, 0.3) is 21.3 Å². The van der Waals surface area contributed by atoms with Crippen molar-refractivity contribution in [2.45, 2.75) is 72.7 Å². The number of carbonyl (C=O) groups excluding carboxylic acids is 4. The van der Waals surface area contributed by atoms with Gasteiger partial charge in [0, 0.05) is 54.0 Å². The molecule has 0 fully saturated rings. The molecular formula is C30H35ClFN7O5. The summed E-state index contributed by atoms with van der Waals surface area (Å²) < 4.78 is 21.9. The van der Waals surface area contributed by atoms with E-state index in [0.29, 0.717) is 23.9 Å². The van der Waals surface area contributed by atoms with Gasteiger partial charge in [-0.05, 0) is 75.1 Å². The van der Waals surface area contributed by atoms with Crippen molar-refractivity contribution in [1.29, 1.82) is 0 Å². The van der Waals surface area contributed by atoms with Crippen LogP contribution in [-0.4, -0.2) is 63.0 Å². The van der Waals surface area contributed by atoms with Crippen molar-refractivity contribution < 1.29 is 28.3 Å². The molecule has 0 spiro atoms. The van der Waals surface area contributed by atoms with Crippen LogP contribution in [-0.2, 0) is 33.8 Å². The van der Waals surface area contributed by atoms with E-state index < -0.39 is 34.9 Å². The van der Waals surface area contributed by atoms with Gasteiger partial charge in [-0.1, -0.05) is 17.7 Å². The number of nitrogens with one attached hydrogen (secondary N) is 1. The van der Waals surface area contributed by atoms with Gasteiger partial charge in [-0.15, -0.1) is 0 Å². The first-order valence-electron chi connectivity index (χ1n) is 13.9. The van der Waals surface area contributed by atoms with Crippen molar-refractivity contribution in [3.05, 3.63) is 74.0 Å². The molecule has 234 valence electrons. The summed E-state index contributed by atoms with van der Waals surface area (Å²) in [7, 11) is 0. The first kappa shape index (κ1) is 34.2. The quantitative estimate of drug-likeness (QED) is 0.116. The Bertz CT molecular complexity index is 1650. The van der Waals surface area contributed by atoms with E-state index in [1.807, 2.05) is 20.8 Å². The van der Waals surface area contributed by atoms with Crippen LogP contribution in [0.15, 0.2) is 35.4 Å². The largest absolute Gasteiger partial charge is 0.376 e. The second-order valence-electron chi connectivity index (χ2n) is 11.1. The van der Waals surface area contributed by atoms with E-state index >= 15 is 0 Å². The molecule has 0 bridgehead atoms. The van der Waals surface area contributed by atoms with E-state index in [2.05, 4.69) is 20.4 Å². The molecule has 0 aliphatic heterocycles. The highest BCUT2D eigenvalue weighted by molar-refractivity contribution is 6.30. The number of ether oxygens (including phenoxy) is 1. The molecule has 1 N–H and O–H groups in total. The molecule has 14 heteroatoms. The average molecular weight is 628 g/mol. The summed E-state index contributed by atoms with van der Waals surface area (Å²) in [6.07, 6.45) is 0.482. The molecule has 3 rings (SSSR count). The minimum Gasteiger partial charge on any atom is -0.376 e. The Morgan fingerprint density at radius 3 is 2.55 bits per heavy atom.